The lowest BCUT2D eigenvalue weighted by Gasteiger charge is -2.35. The number of para-hydroxylation sites is 1. The van der Waals surface area contributed by atoms with Gasteiger partial charge in [0, 0.05) is 39.6 Å². The summed E-state index contributed by atoms with van der Waals surface area (Å²) in [5.41, 5.74) is 1.08. The number of carbonyl (C=O) groups is 1. The molecule has 0 saturated carbocycles. The second-order valence-electron chi connectivity index (χ2n) is 8.59. The SMILES string of the molecule is O=C(OCC1CCCCO1)N1CCN(c2nc(-c3ccccc3O)nc3ccc(F)cc23)CC1.[HH]. The van der Waals surface area contributed by atoms with Crippen molar-refractivity contribution >= 4 is 22.8 Å². The Morgan fingerprint density at radius 3 is 2.74 bits per heavy atom. The molecular weight excluding hydrogens is 439 g/mol. The third-order valence-corrected chi connectivity index (χ3v) is 6.29. The second-order valence-corrected chi connectivity index (χ2v) is 8.59. The molecule has 9 heteroatoms. The Balaban J connectivity index is 0.00000289. The molecule has 1 unspecified atom stereocenters. The number of ether oxygens (including phenoxy) is 2. The maximum absolute atomic E-state index is 14.1. The predicted molar refractivity (Wildman–Crippen MR) is 127 cm³/mol. The van der Waals surface area contributed by atoms with E-state index in [-0.39, 0.29) is 31.8 Å². The molecule has 34 heavy (non-hydrogen) atoms. The number of benzene rings is 2. The van der Waals surface area contributed by atoms with Crippen molar-refractivity contribution < 1.29 is 25.2 Å². The number of hydrogen-bond donors (Lipinski definition) is 1. The minimum atomic E-state index is -0.375. The normalized spacial score (nSPS) is 18.8. The molecule has 0 bridgehead atoms. The van der Waals surface area contributed by atoms with Gasteiger partial charge in [-0.25, -0.2) is 19.2 Å². The zero-order valence-corrected chi connectivity index (χ0v) is 18.8. The number of carbonyl (C=O) groups excluding carboxylic acids is 1. The molecule has 2 aliphatic rings. The molecule has 1 atom stereocenters. The minimum Gasteiger partial charge on any atom is -0.507 e. The Hall–Kier alpha value is -3.46. The van der Waals surface area contributed by atoms with Crippen molar-refractivity contribution in [3.05, 3.63) is 48.3 Å². The molecule has 2 aliphatic heterocycles. The summed E-state index contributed by atoms with van der Waals surface area (Å²) >= 11 is 0. The van der Waals surface area contributed by atoms with Crippen LogP contribution in [-0.4, -0.2) is 71.6 Å². The van der Waals surface area contributed by atoms with Gasteiger partial charge in [0.25, 0.3) is 0 Å². The summed E-state index contributed by atoms with van der Waals surface area (Å²) in [6.07, 6.45) is 2.70. The molecule has 2 saturated heterocycles. The van der Waals surface area contributed by atoms with Gasteiger partial charge in [-0.1, -0.05) is 12.1 Å². The van der Waals surface area contributed by atoms with E-state index >= 15 is 0 Å². The molecule has 3 heterocycles. The number of rotatable bonds is 4. The molecule has 2 aromatic carbocycles. The lowest BCUT2D eigenvalue weighted by molar-refractivity contribution is -0.0281. The first-order valence-electron chi connectivity index (χ1n) is 11.6. The largest absolute Gasteiger partial charge is 0.507 e. The van der Waals surface area contributed by atoms with E-state index in [1.807, 2.05) is 4.90 Å². The van der Waals surface area contributed by atoms with Crippen molar-refractivity contribution in [2.45, 2.75) is 25.4 Å². The van der Waals surface area contributed by atoms with E-state index in [1.165, 1.54) is 12.1 Å². The molecule has 0 aliphatic carbocycles. The van der Waals surface area contributed by atoms with Gasteiger partial charge in [-0.2, -0.15) is 0 Å². The zero-order valence-electron chi connectivity index (χ0n) is 18.8. The summed E-state index contributed by atoms with van der Waals surface area (Å²) < 4.78 is 25.2. The van der Waals surface area contributed by atoms with Crippen molar-refractivity contribution in [1.82, 2.24) is 14.9 Å². The maximum Gasteiger partial charge on any atom is 0.409 e. The molecule has 180 valence electrons. The van der Waals surface area contributed by atoms with Crippen LogP contribution in [0.15, 0.2) is 42.5 Å². The number of aromatic nitrogens is 2. The molecule has 8 nitrogen and oxygen atoms in total. The Kier molecular flexibility index (Phi) is 6.44. The number of halogens is 1. The molecule has 1 aromatic heterocycles. The molecule has 5 rings (SSSR count). The second kappa shape index (κ2) is 9.80. The number of hydrogen-bond acceptors (Lipinski definition) is 7. The summed E-state index contributed by atoms with van der Waals surface area (Å²) in [6, 6.07) is 11.2. The molecule has 1 N–H and O–H groups in total. The van der Waals surface area contributed by atoms with Crippen LogP contribution in [-0.2, 0) is 9.47 Å². The van der Waals surface area contributed by atoms with Gasteiger partial charge in [-0.05, 0) is 49.6 Å². The lowest BCUT2D eigenvalue weighted by atomic mass is 10.1. The molecule has 1 amide bonds. The Labute approximate surface area is 198 Å². The monoisotopic (exact) mass is 468 g/mol. The molecule has 0 radical (unpaired) electrons. The van der Waals surface area contributed by atoms with Crippen LogP contribution >= 0.6 is 0 Å². The molecule has 2 fully saturated rings. The number of amides is 1. The van der Waals surface area contributed by atoms with E-state index in [2.05, 4.69) is 4.98 Å². The highest BCUT2D eigenvalue weighted by molar-refractivity contribution is 5.91. The number of aromatic hydroxyl groups is 1. The van der Waals surface area contributed by atoms with Gasteiger partial charge in [0.05, 0.1) is 17.2 Å². The van der Waals surface area contributed by atoms with E-state index in [1.54, 1.807) is 35.2 Å². The first kappa shape index (κ1) is 22.3. The third-order valence-electron chi connectivity index (χ3n) is 6.29. The van der Waals surface area contributed by atoms with Gasteiger partial charge < -0.3 is 24.4 Å². The highest BCUT2D eigenvalue weighted by atomic mass is 19.1. The smallest absolute Gasteiger partial charge is 0.409 e. The van der Waals surface area contributed by atoms with Crippen LogP contribution in [0.2, 0.25) is 0 Å². The van der Waals surface area contributed by atoms with E-state index < -0.39 is 0 Å². The fourth-order valence-electron chi connectivity index (χ4n) is 4.40. The average Bonchev–Trinajstić information content (AvgIpc) is 2.88. The minimum absolute atomic E-state index is 0. The number of phenolic OH excluding ortho intramolecular Hbond substituents is 1. The van der Waals surface area contributed by atoms with Crippen LogP contribution in [0.3, 0.4) is 0 Å². The van der Waals surface area contributed by atoms with Crippen LogP contribution < -0.4 is 4.90 Å². The fourth-order valence-corrected chi connectivity index (χ4v) is 4.40. The summed E-state index contributed by atoms with van der Waals surface area (Å²) in [7, 11) is 0. The molecule has 3 aromatic rings. The highest BCUT2D eigenvalue weighted by Crippen LogP contribution is 2.32. The molecular formula is C25H29FN4O4. The number of piperazine rings is 1. The quantitative estimate of drug-likeness (QED) is 0.614. The van der Waals surface area contributed by atoms with Gasteiger partial charge >= 0.3 is 6.09 Å². The average molecular weight is 469 g/mol. The Morgan fingerprint density at radius 1 is 1.15 bits per heavy atom. The van der Waals surface area contributed by atoms with Crippen molar-refractivity contribution in [2.24, 2.45) is 0 Å². The van der Waals surface area contributed by atoms with Crippen molar-refractivity contribution in [1.29, 1.82) is 0 Å². The van der Waals surface area contributed by atoms with Gasteiger partial charge in [-0.3, -0.25) is 0 Å². The predicted octanol–water partition coefficient (Wildman–Crippen LogP) is 4.22. The van der Waals surface area contributed by atoms with Crippen LogP contribution in [0, 0.1) is 5.82 Å². The van der Waals surface area contributed by atoms with Gasteiger partial charge in [0.2, 0.25) is 0 Å². The number of anilines is 1. The fraction of sp³-hybridized carbons (Fsp3) is 0.400. The first-order chi connectivity index (χ1) is 16.6. The van der Waals surface area contributed by atoms with Crippen LogP contribution in [0.1, 0.15) is 20.7 Å². The third kappa shape index (κ3) is 4.75. The zero-order chi connectivity index (χ0) is 23.5. The van der Waals surface area contributed by atoms with Gasteiger partial charge in [0.15, 0.2) is 5.82 Å². The number of fused-ring (bicyclic) bond motifs is 1. The Bertz CT molecular complexity index is 1180. The summed E-state index contributed by atoms with van der Waals surface area (Å²) in [4.78, 5) is 25.5. The summed E-state index contributed by atoms with van der Waals surface area (Å²) in [6.45, 7) is 2.93. The van der Waals surface area contributed by atoms with Crippen molar-refractivity contribution in [2.75, 3.05) is 44.3 Å². The summed E-state index contributed by atoms with van der Waals surface area (Å²) in [5.74, 6) is 0.636. The van der Waals surface area contributed by atoms with E-state index in [9.17, 15) is 14.3 Å². The van der Waals surface area contributed by atoms with E-state index in [4.69, 9.17) is 14.5 Å². The lowest BCUT2D eigenvalue weighted by Crippen LogP contribution is -2.49. The van der Waals surface area contributed by atoms with Crippen LogP contribution in [0.25, 0.3) is 22.3 Å². The standard InChI is InChI=1S/C25H27FN4O4.H2/c26-17-8-9-21-20(15-17)24(28-23(27-21)19-6-1-2-7-22(19)31)29-10-12-30(13-11-29)25(32)34-16-18-5-3-4-14-33-18;/h1-2,6-9,15,18,31H,3-5,10-14,16H2;1H. The van der Waals surface area contributed by atoms with E-state index in [0.717, 1.165) is 25.9 Å². The van der Waals surface area contributed by atoms with Gasteiger partial charge in [0.1, 0.15) is 24.0 Å². The number of phenols is 1. The topological polar surface area (TPSA) is 88.0 Å². The molecule has 0 spiro atoms. The first-order valence-corrected chi connectivity index (χ1v) is 11.6. The highest BCUT2D eigenvalue weighted by Gasteiger charge is 2.26. The van der Waals surface area contributed by atoms with Crippen LogP contribution in [0.5, 0.6) is 5.75 Å². The summed E-state index contributed by atoms with van der Waals surface area (Å²) in [5, 5.41) is 10.9. The Morgan fingerprint density at radius 2 is 1.97 bits per heavy atom. The number of nitrogens with zero attached hydrogens (tertiary/aromatic N) is 4. The van der Waals surface area contributed by atoms with Crippen molar-refractivity contribution in [3.8, 4) is 17.1 Å². The maximum atomic E-state index is 14.1. The van der Waals surface area contributed by atoms with Crippen molar-refractivity contribution in [3.63, 3.8) is 0 Å². The van der Waals surface area contributed by atoms with E-state index in [0.29, 0.717) is 54.3 Å². The van der Waals surface area contributed by atoms with Crippen LogP contribution in [0.4, 0.5) is 15.0 Å². The van der Waals surface area contributed by atoms with Gasteiger partial charge in [-0.15, -0.1) is 0 Å².